The highest BCUT2D eigenvalue weighted by Crippen LogP contribution is 2.42. The van der Waals surface area contributed by atoms with Gasteiger partial charge in [-0.05, 0) is 67.1 Å². The van der Waals surface area contributed by atoms with Crippen LogP contribution >= 0.6 is 0 Å². The Morgan fingerprint density at radius 1 is 0.895 bits per heavy atom. The SMILES string of the molecule is C[C@H](NS(=O)(=O)C(F)(F)F)c1ccc(S(=O)(=O)c2ccc(C3CC3)cc2S(=O)(=O)c2cccc[n+]2[O-])cc1. The summed E-state index contributed by atoms with van der Waals surface area (Å²) in [5.41, 5.74) is -4.89. The van der Waals surface area contributed by atoms with E-state index in [1.165, 1.54) is 29.0 Å². The fourth-order valence-corrected chi connectivity index (χ4v) is 7.91. The molecule has 1 saturated carbocycles. The summed E-state index contributed by atoms with van der Waals surface area (Å²) in [7, 11) is -14.7. The summed E-state index contributed by atoms with van der Waals surface area (Å²) in [6, 6.07) is 10.6. The standard InChI is InChI=1S/C23H21F3N2O7S3/c1-15(27-38(34,35)23(24,25)26)16-7-10-19(11-8-16)36(30,31)20-12-9-18(17-5-6-17)14-21(20)37(32,33)22-4-2-3-13-28(22)29/h2-4,7-15,17,27H,5-6H2,1H3/t15-/m0/s1. The summed E-state index contributed by atoms with van der Waals surface area (Å²) in [5.74, 6) is 0.0668. The topological polar surface area (TPSA) is 141 Å². The first-order valence-electron chi connectivity index (χ1n) is 11.1. The molecular weight excluding hydrogens is 569 g/mol. The highest BCUT2D eigenvalue weighted by atomic mass is 32.2. The Bertz CT molecular complexity index is 1700. The van der Waals surface area contributed by atoms with Gasteiger partial charge in [0.2, 0.25) is 9.84 Å². The van der Waals surface area contributed by atoms with Crippen LogP contribution in [0.15, 0.2) is 86.6 Å². The molecule has 0 aliphatic heterocycles. The maximum Gasteiger partial charge on any atom is 0.511 e. The molecule has 4 rings (SSSR count). The van der Waals surface area contributed by atoms with Gasteiger partial charge in [0.25, 0.3) is 9.84 Å². The van der Waals surface area contributed by atoms with Crippen LogP contribution in [0.25, 0.3) is 0 Å². The molecule has 9 nitrogen and oxygen atoms in total. The summed E-state index contributed by atoms with van der Waals surface area (Å²) in [6.07, 6.45) is 2.57. The number of benzene rings is 2. The smallest absolute Gasteiger partial charge is 0.511 e. The molecule has 1 aliphatic carbocycles. The van der Waals surface area contributed by atoms with Gasteiger partial charge in [-0.2, -0.15) is 17.9 Å². The molecule has 0 radical (unpaired) electrons. The molecule has 1 atom stereocenters. The van der Waals surface area contributed by atoms with Crippen molar-refractivity contribution >= 4 is 29.7 Å². The molecule has 0 spiro atoms. The van der Waals surface area contributed by atoms with Crippen LogP contribution < -0.4 is 9.45 Å². The molecular formula is C23H21F3N2O7S3. The number of pyridine rings is 1. The maximum atomic E-state index is 13.5. The molecule has 1 aromatic heterocycles. The summed E-state index contributed by atoms with van der Waals surface area (Å²) >= 11 is 0. The highest BCUT2D eigenvalue weighted by Gasteiger charge is 2.46. The third-order valence-corrected chi connectivity index (χ3v) is 11.0. The van der Waals surface area contributed by atoms with Crippen molar-refractivity contribution in [1.29, 1.82) is 0 Å². The van der Waals surface area contributed by atoms with Crippen LogP contribution in [0.3, 0.4) is 0 Å². The normalized spacial score (nSPS) is 15.8. The second-order valence-electron chi connectivity index (χ2n) is 8.71. The lowest BCUT2D eigenvalue weighted by atomic mass is 10.1. The van der Waals surface area contributed by atoms with Crippen LogP contribution in [0.1, 0.15) is 42.9 Å². The molecule has 1 aliphatic rings. The van der Waals surface area contributed by atoms with Gasteiger partial charge < -0.3 is 5.21 Å². The van der Waals surface area contributed by atoms with Crippen LogP contribution in [-0.2, 0) is 29.7 Å². The quantitative estimate of drug-likeness (QED) is 0.313. The fraction of sp³-hybridized carbons (Fsp3) is 0.261. The largest absolute Gasteiger partial charge is 0.618 e. The van der Waals surface area contributed by atoms with Crippen LogP contribution in [0.2, 0.25) is 0 Å². The zero-order chi connectivity index (χ0) is 28.1. The van der Waals surface area contributed by atoms with Crippen molar-refractivity contribution in [2.45, 2.75) is 56.9 Å². The van der Waals surface area contributed by atoms with E-state index in [1.807, 2.05) is 0 Å². The number of nitrogens with one attached hydrogen (secondary N) is 1. The lowest BCUT2D eigenvalue weighted by molar-refractivity contribution is -0.646. The number of sulfone groups is 2. The van der Waals surface area contributed by atoms with Gasteiger partial charge in [-0.1, -0.05) is 18.2 Å². The third-order valence-electron chi connectivity index (χ3n) is 5.99. The zero-order valence-electron chi connectivity index (χ0n) is 19.6. The van der Waals surface area contributed by atoms with Gasteiger partial charge >= 0.3 is 20.6 Å². The van der Waals surface area contributed by atoms with Gasteiger partial charge in [0.05, 0.1) is 14.7 Å². The highest BCUT2D eigenvalue weighted by molar-refractivity contribution is 7.94. The first kappa shape index (κ1) is 28.0. The molecule has 0 unspecified atom stereocenters. The van der Waals surface area contributed by atoms with Gasteiger partial charge in [-0.15, -0.1) is 0 Å². The average Bonchev–Trinajstić information content (AvgIpc) is 3.68. The second kappa shape index (κ2) is 9.63. The van der Waals surface area contributed by atoms with Crippen LogP contribution in [0, 0.1) is 5.21 Å². The first-order chi connectivity index (χ1) is 17.6. The van der Waals surface area contributed by atoms with E-state index < -0.39 is 56.1 Å². The van der Waals surface area contributed by atoms with Gasteiger partial charge in [0, 0.05) is 18.2 Å². The Morgan fingerprint density at radius 2 is 1.53 bits per heavy atom. The molecule has 15 heteroatoms. The minimum Gasteiger partial charge on any atom is -0.618 e. The lowest BCUT2D eigenvalue weighted by Gasteiger charge is -2.17. The van der Waals surface area contributed by atoms with E-state index in [0.29, 0.717) is 5.56 Å². The fourth-order valence-electron chi connectivity index (χ4n) is 3.79. The van der Waals surface area contributed by atoms with Gasteiger partial charge in [0.15, 0.2) is 6.20 Å². The van der Waals surface area contributed by atoms with E-state index in [0.717, 1.165) is 62.4 Å². The molecule has 0 bridgehead atoms. The van der Waals surface area contributed by atoms with Crippen molar-refractivity contribution < 1.29 is 43.2 Å². The van der Waals surface area contributed by atoms with Crippen molar-refractivity contribution in [1.82, 2.24) is 4.72 Å². The summed E-state index contributed by atoms with van der Waals surface area (Å²) in [5, 5.41) is 11.6. The summed E-state index contributed by atoms with van der Waals surface area (Å²) in [6.45, 7) is 1.14. The van der Waals surface area contributed by atoms with Crippen molar-refractivity contribution in [2.75, 3.05) is 0 Å². The average molecular weight is 591 g/mol. The summed E-state index contributed by atoms with van der Waals surface area (Å²) < 4.78 is 116. The number of hydrogen-bond acceptors (Lipinski definition) is 7. The molecule has 1 fully saturated rings. The number of aromatic nitrogens is 1. The Morgan fingerprint density at radius 3 is 2.08 bits per heavy atom. The number of sulfonamides is 1. The second-order valence-corrected chi connectivity index (χ2v) is 14.2. The van der Waals surface area contributed by atoms with E-state index in [2.05, 4.69) is 0 Å². The van der Waals surface area contributed by atoms with Gasteiger partial charge in [-0.25, -0.2) is 30.0 Å². The molecule has 1 N–H and O–H groups in total. The number of nitrogens with zero attached hydrogens (tertiary/aromatic N) is 1. The molecule has 204 valence electrons. The van der Waals surface area contributed by atoms with Crippen molar-refractivity contribution in [3.05, 3.63) is 83.2 Å². The Balaban J connectivity index is 1.76. The van der Waals surface area contributed by atoms with E-state index in [9.17, 15) is 43.6 Å². The van der Waals surface area contributed by atoms with E-state index in [4.69, 9.17) is 0 Å². The predicted octanol–water partition coefficient (Wildman–Crippen LogP) is 3.36. The number of hydrogen-bond donors (Lipinski definition) is 1. The molecule has 0 amide bonds. The Hall–Kier alpha value is -3.01. The van der Waals surface area contributed by atoms with Crippen LogP contribution in [0.5, 0.6) is 0 Å². The Labute approximate surface area is 217 Å². The molecule has 0 saturated heterocycles. The first-order valence-corrected chi connectivity index (χ1v) is 15.5. The number of rotatable bonds is 8. The van der Waals surface area contributed by atoms with E-state index in [1.54, 1.807) is 0 Å². The van der Waals surface area contributed by atoms with Gasteiger partial charge in [0.1, 0.15) is 0 Å². The summed E-state index contributed by atoms with van der Waals surface area (Å²) in [4.78, 5) is -1.54. The Kier molecular flexibility index (Phi) is 7.10. The molecule has 3 aromatic rings. The van der Waals surface area contributed by atoms with Crippen molar-refractivity contribution in [3.8, 4) is 0 Å². The molecule has 1 heterocycles. The monoisotopic (exact) mass is 590 g/mol. The van der Waals surface area contributed by atoms with E-state index in [-0.39, 0.29) is 21.1 Å². The van der Waals surface area contributed by atoms with E-state index >= 15 is 0 Å². The molecule has 38 heavy (non-hydrogen) atoms. The lowest BCUT2D eigenvalue weighted by Crippen LogP contribution is -2.37. The predicted molar refractivity (Wildman–Crippen MR) is 128 cm³/mol. The maximum absolute atomic E-state index is 13.5. The van der Waals surface area contributed by atoms with Crippen LogP contribution in [0.4, 0.5) is 13.2 Å². The third kappa shape index (κ3) is 5.28. The van der Waals surface area contributed by atoms with Gasteiger partial charge in [-0.3, -0.25) is 0 Å². The zero-order valence-corrected chi connectivity index (χ0v) is 22.0. The minimum absolute atomic E-state index is 0.0328. The number of alkyl halides is 3. The van der Waals surface area contributed by atoms with Crippen molar-refractivity contribution in [2.24, 2.45) is 0 Å². The van der Waals surface area contributed by atoms with Crippen molar-refractivity contribution in [3.63, 3.8) is 0 Å². The molecule has 2 aromatic carbocycles. The number of halogens is 3. The minimum atomic E-state index is -5.65. The van der Waals surface area contributed by atoms with Crippen LogP contribution in [-0.4, -0.2) is 30.8 Å².